The molecule has 0 amide bonds. The van der Waals surface area contributed by atoms with Gasteiger partial charge in [0.1, 0.15) is 0 Å². The summed E-state index contributed by atoms with van der Waals surface area (Å²) in [5.41, 5.74) is 8.37. The SMILES string of the molecule is Cc1nn(CC(O)CN2CCCC2CCCO)c(C)c1N. The molecule has 2 heterocycles. The molecule has 1 aliphatic heterocycles. The molecule has 1 aromatic heterocycles. The van der Waals surface area contributed by atoms with E-state index in [-0.39, 0.29) is 6.61 Å². The number of β-amino-alcohol motifs (C(OH)–C–C–N with tert-alkyl or cyclic N) is 1. The van der Waals surface area contributed by atoms with E-state index in [0.717, 1.165) is 30.8 Å². The van der Waals surface area contributed by atoms with Gasteiger partial charge < -0.3 is 15.9 Å². The number of nitrogen functional groups attached to an aromatic ring is 1. The number of aliphatic hydroxyl groups is 2. The van der Waals surface area contributed by atoms with Crippen LogP contribution in [0.5, 0.6) is 0 Å². The third kappa shape index (κ3) is 3.96. The minimum Gasteiger partial charge on any atom is -0.396 e. The van der Waals surface area contributed by atoms with Gasteiger partial charge in [-0.15, -0.1) is 0 Å². The fraction of sp³-hybridized carbons (Fsp3) is 0.800. The highest BCUT2D eigenvalue weighted by Crippen LogP contribution is 2.22. The molecular formula is C15H28N4O2. The quantitative estimate of drug-likeness (QED) is 0.689. The lowest BCUT2D eigenvalue weighted by molar-refractivity contribution is 0.0851. The van der Waals surface area contributed by atoms with Crippen LogP contribution in [0.15, 0.2) is 0 Å². The predicted octanol–water partition coefficient (Wildman–Crippen LogP) is 0.680. The maximum Gasteiger partial charge on any atom is 0.0862 e. The van der Waals surface area contributed by atoms with E-state index in [4.69, 9.17) is 10.8 Å². The molecule has 0 radical (unpaired) electrons. The van der Waals surface area contributed by atoms with Gasteiger partial charge in [-0.25, -0.2) is 0 Å². The first-order valence-corrected chi connectivity index (χ1v) is 7.85. The van der Waals surface area contributed by atoms with Crippen molar-refractivity contribution in [3.8, 4) is 0 Å². The molecule has 0 bridgehead atoms. The van der Waals surface area contributed by atoms with Crippen molar-refractivity contribution in [2.45, 2.75) is 58.2 Å². The van der Waals surface area contributed by atoms with Crippen molar-refractivity contribution in [3.63, 3.8) is 0 Å². The van der Waals surface area contributed by atoms with Crippen LogP contribution < -0.4 is 5.73 Å². The largest absolute Gasteiger partial charge is 0.396 e. The zero-order chi connectivity index (χ0) is 15.4. The lowest BCUT2D eigenvalue weighted by Crippen LogP contribution is -2.38. The molecule has 1 fully saturated rings. The number of aliphatic hydroxyl groups excluding tert-OH is 2. The molecule has 6 heteroatoms. The number of hydrogen-bond acceptors (Lipinski definition) is 5. The van der Waals surface area contributed by atoms with Gasteiger partial charge in [-0.2, -0.15) is 5.10 Å². The number of nitrogens with two attached hydrogens (primary N) is 1. The van der Waals surface area contributed by atoms with Crippen molar-refractivity contribution in [2.24, 2.45) is 0 Å². The summed E-state index contributed by atoms with van der Waals surface area (Å²) >= 11 is 0. The summed E-state index contributed by atoms with van der Waals surface area (Å²) in [6.07, 6.45) is 3.74. The normalized spacial score (nSPS) is 21.0. The van der Waals surface area contributed by atoms with Gasteiger partial charge in [-0.1, -0.05) is 0 Å². The second-order valence-electron chi connectivity index (χ2n) is 6.08. The molecule has 1 saturated heterocycles. The van der Waals surface area contributed by atoms with E-state index in [1.807, 2.05) is 13.8 Å². The summed E-state index contributed by atoms with van der Waals surface area (Å²) in [4.78, 5) is 2.34. The maximum absolute atomic E-state index is 10.3. The van der Waals surface area contributed by atoms with Gasteiger partial charge in [-0.3, -0.25) is 9.58 Å². The van der Waals surface area contributed by atoms with E-state index < -0.39 is 6.10 Å². The van der Waals surface area contributed by atoms with Gasteiger partial charge in [0.25, 0.3) is 0 Å². The summed E-state index contributed by atoms with van der Waals surface area (Å²) in [5, 5.41) is 23.7. The van der Waals surface area contributed by atoms with Gasteiger partial charge in [0.2, 0.25) is 0 Å². The Hall–Kier alpha value is -1.11. The topological polar surface area (TPSA) is 87.5 Å². The van der Waals surface area contributed by atoms with Crippen LogP contribution in [0.1, 0.15) is 37.1 Å². The highest BCUT2D eigenvalue weighted by molar-refractivity contribution is 5.46. The number of nitrogens with zero attached hydrogens (tertiary/aromatic N) is 3. The number of likely N-dealkylation sites (tertiary alicyclic amines) is 1. The van der Waals surface area contributed by atoms with E-state index in [9.17, 15) is 5.11 Å². The summed E-state index contributed by atoms with van der Waals surface area (Å²) in [6.45, 7) is 6.24. The molecule has 6 nitrogen and oxygen atoms in total. The van der Waals surface area contributed by atoms with Crippen LogP contribution in [-0.2, 0) is 6.54 Å². The second kappa shape index (κ2) is 7.24. The Labute approximate surface area is 126 Å². The average molecular weight is 296 g/mol. The van der Waals surface area contributed by atoms with Crippen LogP contribution in [0, 0.1) is 13.8 Å². The lowest BCUT2D eigenvalue weighted by Gasteiger charge is -2.26. The molecule has 2 rings (SSSR count). The van der Waals surface area contributed by atoms with Crippen molar-refractivity contribution >= 4 is 5.69 Å². The Kier molecular flexibility index (Phi) is 5.61. The third-order valence-electron chi connectivity index (χ3n) is 4.46. The Morgan fingerprint density at radius 1 is 1.38 bits per heavy atom. The number of hydrogen-bond donors (Lipinski definition) is 3. The summed E-state index contributed by atoms with van der Waals surface area (Å²) in [7, 11) is 0. The van der Waals surface area contributed by atoms with Crippen LogP contribution in [-0.4, -0.2) is 56.7 Å². The van der Waals surface area contributed by atoms with E-state index in [2.05, 4.69) is 10.00 Å². The van der Waals surface area contributed by atoms with Crippen molar-refractivity contribution in [1.82, 2.24) is 14.7 Å². The monoisotopic (exact) mass is 296 g/mol. The summed E-state index contributed by atoms with van der Waals surface area (Å²) in [6, 6.07) is 0.498. The zero-order valence-corrected chi connectivity index (χ0v) is 13.1. The number of aryl methyl sites for hydroxylation is 1. The summed E-state index contributed by atoms with van der Waals surface area (Å²) in [5.74, 6) is 0. The molecule has 0 aliphatic carbocycles. The van der Waals surface area contributed by atoms with E-state index in [0.29, 0.717) is 24.8 Å². The van der Waals surface area contributed by atoms with E-state index in [1.165, 1.54) is 12.8 Å². The Morgan fingerprint density at radius 3 is 2.76 bits per heavy atom. The van der Waals surface area contributed by atoms with Crippen LogP contribution >= 0.6 is 0 Å². The van der Waals surface area contributed by atoms with Crippen molar-refractivity contribution in [1.29, 1.82) is 0 Å². The second-order valence-corrected chi connectivity index (χ2v) is 6.08. The smallest absolute Gasteiger partial charge is 0.0862 e. The number of anilines is 1. The van der Waals surface area contributed by atoms with Gasteiger partial charge in [0, 0.05) is 19.2 Å². The van der Waals surface area contributed by atoms with Crippen molar-refractivity contribution in [3.05, 3.63) is 11.4 Å². The van der Waals surface area contributed by atoms with Gasteiger partial charge >= 0.3 is 0 Å². The Morgan fingerprint density at radius 2 is 2.14 bits per heavy atom. The predicted molar refractivity (Wildman–Crippen MR) is 83.0 cm³/mol. The van der Waals surface area contributed by atoms with Gasteiger partial charge in [-0.05, 0) is 46.1 Å². The number of aromatic nitrogens is 2. The molecule has 0 saturated carbocycles. The van der Waals surface area contributed by atoms with Crippen molar-refractivity contribution < 1.29 is 10.2 Å². The minimum absolute atomic E-state index is 0.248. The zero-order valence-electron chi connectivity index (χ0n) is 13.1. The molecule has 1 aromatic rings. The molecule has 120 valence electrons. The third-order valence-corrected chi connectivity index (χ3v) is 4.46. The van der Waals surface area contributed by atoms with Crippen LogP contribution in [0.3, 0.4) is 0 Å². The first kappa shape index (κ1) is 16.3. The lowest BCUT2D eigenvalue weighted by atomic mass is 10.1. The standard InChI is InChI=1S/C15H28N4O2/c1-11-15(16)12(2)19(17-11)10-14(21)9-18-7-3-5-13(18)6-4-8-20/h13-14,20-21H,3-10,16H2,1-2H3. The molecule has 2 unspecified atom stereocenters. The molecule has 0 aromatic carbocycles. The highest BCUT2D eigenvalue weighted by Gasteiger charge is 2.26. The summed E-state index contributed by atoms with van der Waals surface area (Å²) < 4.78 is 1.80. The molecule has 21 heavy (non-hydrogen) atoms. The van der Waals surface area contributed by atoms with E-state index >= 15 is 0 Å². The first-order valence-electron chi connectivity index (χ1n) is 7.85. The van der Waals surface area contributed by atoms with Gasteiger partial charge in [0.05, 0.1) is 29.7 Å². The fourth-order valence-electron chi connectivity index (χ4n) is 3.21. The molecule has 4 N–H and O–H groups in total. The average Bonchev–Trinajstić information content (AvgIpc) is 2.97. The Bertz CT molecular complexity index is 461. The first-order chi connectivity index (χ1) is 10.0. The van der Waals surface area contributed by atoms with Crippen LogP contribution in [0.25, 0.3) is 0 Å². The van der Waals surface area contributed by atoms with Crippen LogP contribution in [0.2, 0.25) is 0 Å². The maximum atomic E-state index is 10.3. The van der Waals surface area contributed by atoms with Gasteiger partial charge in [0.15, 0.2) is 0 Å². The molecule has 2 atom stereocenters. The highest BCUT2D eigenvalue weighted by atomic mass is 16.3. The van der Waals surface area contributed by atoms with E-state index in [1.54, 1.807) is 4.68 Å². The molecule has 0 spiro atoms. The van der Waals surface area contributed by atoms with Crippen molar-refractivity contribution in [2.75, 3.05) is 25.4 Å². The minimum atomic E-state index is -0.447. The Balaban J connectivity index is 1.88. The molecular weight excluding hydrogens is 268 g/mol. The van der Waals surface area contributed by atoms with Crippen LogP contribution in [0.4, 0.5) is 5.69 Å². The number of rotatable bonds is 7. The molecule has 1 aliphatic rings. The fourth-order valence-corrected chi connectivity index (χ4v) is 3.21.